The molecule has 0 bridgehead atoms. The molecule has 0 aliphatic heterocycles. The van der Waals surface area contributed by atoms with Crippen LogP contribution in [-0.2, 0) is 0 Å². The number of hydrogen-bond acceptors (Lipinski definition) is 3. The van der Waals surface area contributed by atoms with Crippen molar-refractivity contribution in [1.29, 1.82) is 5.26 Å². The fourth-order valence-electron chi connectivity index (χ4n) is 1.93. The van der Waals surface area contributed by atoms with Crippen molar-refractivity contribution >= 4 is 5.91 Å². The molecule has 1 aliphatic rings. The first-order valence-electron chi connectivity index (χ1n) is 5.05. The summed E-state index contributed by atoms with van der Waals surface area (Å²) in [6.45, 7) is 0. The van der Waals surface area contributed by atoms with E-state index in [1.807, 2.05) is 0 Å². The monoisotopic (exact) mass is 204 g/mol. The lowest BCUT2D eigenvalue weighted by Crippen LogP contribution is -2.36. The van der Waals surface area contributed by atoms with Crippen molar-refractivity contribution in [2.75, 3.05) is 0 Å². The van der Waals surface area contributed by atoms with E-state index in [1.54, 1.807) is 12.1 Å². The summed E-state index contributed by atoms with van der Waals surface area (Å²) < 4.78 is 4.98. The van der Waals surface area contributed by atoms with Crippen LogP contribution in [0.3, 0.4) is 0 Å². The lowest BCUT2D eigenvalue weighted by Gasteiger charge is -2.14. The van der Waals surface area contributed by atoms with Crippen LogP contribution in [0.15, 0.2) is 22.8 Å². The zero-order valence-corrected chi connectivity index (χ0v) is 8.27. The summed E-state index contributed by atoms with van der Waals surface area (Å²) in [5, 5.41) is 11.7. The predicted octanol–water partition coefficient (Wildman–Crippen LogP) is 1.70. The van der Waals surface area contributed by atoms with Crippen molar-refractivity contribution < 1.29 is 9.21 Å². The molecular weight excluding hydrogens is 192 g/mol. The third kappa shape index (κ3) is 2.01. The van der Waals surface area contributed by atoms with Gasteiger partial charge in [0.1, 0.15) is 0 Å². The predicted molar refractivity (Wildman–Crippen MR) is 52.9 cm³/mol. The minimum Gasteiger partial charge on any atom is -0.459 e. The van der Waals surface area contributed by atoms with Gasteiger partial charge in [-0.05, 0) is 31.4 Å². The van der Waals surface area contributed by atoms with E-state index in [2.05, 4.69) is 11.4 Å². The molecule has 0 radical (unpaired) electrons. The minimum absolute atomic E-state index is 0.0207. The molecule has 4 heteroatoms. The Morgan fingerprint density at radius 2 is 2.47 bits per heavy atom. The zero-order valence-electron chi connectivity index (χ0n) is 8.27. The third-order valence-electron chi connectivity index (χ3n) is 2.74. The first-order chi connectivity index (χ1) is 7.31. The van der Waals surface area contributed by atoms with E-state index >= 15 is 0 Å². The number of hydrogen-bond donors (Lipinski definition) is 1. The van der Waals surface area contributed by atoms with E-state index < -0.39 is 0 Å². The molecule has 1 aromatic heterocycles. The van der Waals surface area contributed by atoms with Gasteiger partial charge in [-0.25, -0.2) is 0 Å². The summed E-state index contributed by atoms with van der Waals surface area (Å²) in [7, 11) is 0. The SMILES string of the molecule is N#CC1CCCC1NC(=O)c1ccco1. The molecule has 1 N–H and O–H groups in total. The molecule has 1 saturated carbocycles. The highest BCUT2D eigenvalue weighted by Gasteiger charge is 2.29. The van der Waals surface area contributed by atoms with Crippen LogP contribution < -0.4 is 5.32 Å². The molecule has 1 aliphatic carbocycles. The van der Waals surface area contributed by atoms with E-state index in [-0.39, 0.29) is 17.9 Å². The molecule has 2 rings (SSSR count). The molecule has 0 aromatic carbocycles. The Morgan fingerprint density at radius 3 is 3.13 bits per heavy atom. The van der Waals surface area contributed by atoms with Gasteiger partial charge in [0.15, 0.2) is 5.76 Å². The van der Waals surface area contributed by atoms with Crippen molar-refractivity contribution in [3.8, 4) is 6.07 Å². The van der Waals surface area contributed by atoms with Crippen LogP contribution in [-0.4, -0.2) is 11.9 Å². The Morgan fingerprint density at radius 1 is 1.60 bits per heavy atom. The number of amides is 1. The van der Waals surface area contributed by atoms with E-state index in [0.717, 1.165) is 19.3 Å². The Balaban J connectivity index is 1.98. The van der Waals surface area contributed by atoms with Gasteiger partial charge in [0.25, 0.3) is 5.91 Å². The normalized spacial score (nSPS) is 24.7. The van der Waals surface area contributed by atoms with Crippen LogP contribution in [0.5, 0.6) is 0 Å². The summed E-state index contributed by atoms with van der Waals surface area (Å²) in [5.41, 5.74) is 0. The summed E-state index contributed by atoms with van der Waals surface area (Å²) in [5.74, 6) is 0.0228. The fraction of sp³-hybridized carbons (Fsp3) is 0.455. The van der Waals surface area contributed by atoms with E-state index in [4.69, 9.17) is 9.68 Å². The maximum atomic E-state index is 11.6. The number of carbonyl (C=O) groups excluding carboxylic acids is 1. The topological polar surface area (TPSA) is 66.0 Å². The molecule has 1 heterocycles. The summed E-state index contributed by atoms with van der Waals surface area (Å²) in [6.07, 6.45) is 4.22. The van der Waals surface area contributed by atoms with Crippen molar-refractivity contribution in [3.63, 3.8) is 0 Å². The molecule has 15 heavy (non-hydrogen) atoms. The lowest BCUT2D eigenvalue weighted by atomic mass is 10.1. The second-order valence-corrected chi connectivity index (χ2v) is 3.72. The highest BCUT2D eigenvalue weighted by molar-refractivity contribution is 5.91. The maximum Gasteiger partial charge on any atom is 0.287 e. The third-order valence-corrected chi connectivity index (χ3v) is 2.74. The average molecular weight is 204 g/mol. The smallest absolute Gasteiger partial charge is 0.287 e. The quantitative estimate of drug-likeness (QED) is 0.797. The van der Waals surface area contributed by atoms with Gasteiger partial charge in [0, 0.05) is 6.04 Å². The van der Waals surface area contributed by atoms with E-state index in [9.17, 15) is 4.79 Å². The molecular formula is C11H12N2O2. The lowest BCUT2D eigenvalue weighted by molar-refractivity contribution is 0.0904. The number of furan rings is 1. The number of nitrogens with zero attached hydrogens (tertiary/aromatic N) is 1. The van der Waals surface area contributed by atoms with Crippen molar-refractivity contribution in [1.82, 2.24) is 5.32 Å². The molecule has 1 amide bonds. The second-order valence-electron chi connectivity index (χ2n) is 3.72. The van der Waals surface area contributed by atoms with Crippen LogP contribution in [0.4, 0.5) is 0 Å². The van der Waals surface area contributed by atoms with Gasteiger partial charge < -0.3 is 9.73 Å². The zero-order chi connectivity index (χ0) is 10.7. The summed E-state index contributed by atoms with van der Waals surface area (Å²) in [6, 6.07) is 5.49. The Kier molecular flexibility index (Phi) is 2.72. The Labute approximate surface area is 87.9 Å². The van der Waals surface area contributed by atoms with Crippen molar-refractivity contribution in [2.45, 2.75) is 25.3 Å². The van der Waals surface area contributed by atoms with Crippen LogP contribution in [0.25, 0.3) is 0 Å². The molecule has 1 aromatic rings. The molecule has 2 atom stereocenters. The largest absolute Gasteiger partial charge is 0.459 e. The maximum absolute atomic E-state index is 11.6. The number of nitrogens with one attached hydrogen (secondary N) is 1. The van der Waals surface area contributed by atoms with Gasteiger partial charge >= 0.3 is 0 Å². The van der Waals surface area contributed by atoms with Crippen LogP contribution >= 0.6 is 0 Å². The van der Waals surface area contributed by atoms with Gasteiger partial charge in [0.05, 0.1) is 18.3 Å². The van der Waals surface area contributed by atoms with Gasteiger partial charge in [0.2, 0.25) is 0 Å². The van der Waals surface area contributed by atoms with Crippen LogP contribution in [0.1, 0.15) is 29.8 Å². The standard InChI is InChI=1S/C11H12N2O2/c12-7-8-3-1-4-9(8)13-11(14)10-5-2-6-15-10/h2,5-6,8-9H,1,3-4H2,(H,13,14). The van der Waals surface area contributed by atoms with Gasteiger partial charge in [-0.15, -0.1) is 0 Å². The number of nitriles is 1. The molecule has 78 valence electrons. The molecule has 4 nitrogen and oxygen atoms in total. The highest BCUT2D eigenvalue weighted by atomic mass is 16.3. The first-order valence-corrected chi connectivity index (χ1v) is 5.05. The summed E-state index contributed by atoms with van der Waals surface area (Å²) in [4.78, 5) is 11.6. The molecule has 0 saturated heterocycles. The molecule has 0 spiro atoms. The van der Waals surface area contributed by atoms with E-state index in [1.165, 1.54) is 6.26 Å². The average Bonchev–Trinajstić information content (AvgIpc) is 2.87. The number of rotatable bonds is 2. The van der Waals surface area contributed by atoms with E-state index in [0.29, 0.717) is 5.76 Å². The fourth-order valence-corrected chi connectivity index (χ4v) is 1.93. The Bertz CT molecular complexity index is 378. The van der Waals surface area contributed by atoms with Gasteiger partial charge in [-0.1, -0.05) is 0 Å². The molecule has 1 fully saturated rings. The summed E-state index contributed by atoms with van der Waals surface area (Å²) >= 11 is 0. The van der Waals surface area contributed by atoms with Gasteiger partial charge in [-0.2, -0.15) is 5.26 Å². The Hall–Kier alpha value is -1.76. The number of carbonyl (C=O) groups is 1. The minimum atomic E-state index is -0.229. The van der Waals surface area contributed by atoms with Crippen LogP contribution in [0.2, 0.25) is 0 Å². The first kappa shape index (κ1) is 9.78. The van der Waals surface area contributed by atoms with Gasteiger partial charge in [-0.3, -0.25) is 4.79 Å². The molecule has 2 unspecified atom stereocenters. The van der Waals surface area contributed by atoms with Crippen molar-refractivity contribution in [3.05, 3.63) is 24.2 Å². The second kappa shape index (κ2) is 4.18. The van der Waals surface area contributed by atoms with Crippen molar-refractivity contribution in [2.24, 2.45) is 5.92 Å². The highest BCUT2D eigenvalue weighted by Crippen LogP contribution is 2.25. The van der Waals surface area contributed by atoms with Crippen LogP contribution in [0, 0.1) is 17.2 Å².